The molecule has 192 valence electrons. The normalized spacial score (nSPS) is 26.1. The third-order valence-electron chi connectivity index (χ3n) is 8.78. The van der Waals surface area contributed by atoms with Gasteiger partial charge in [-0.3, -0.25) is 9.10 Å². The van der Waals surface area contributed by atoms with Crippen LogP contribution in [-0.4, -0.2) is 27.1 Å². The number of carbonyl (C=O) groups excluding carboxylic acids is 1. The van der Waals surface area contributed by atoms with Gasteiger partial charge in [0.25, 0.3) is 0 Å². The highest BCUT2D eigenvalue weighted by molar-refractivity contribution is 7.92. The number of amides is 1. The van der Waals surface area contributed by atoms with E-state index in [4.69, 9.17) is 0 Å². The maximum Gasteiger partial charge on any atom is 0.245 e. The SMILES string of the molecule is CS(=O)(=O)N(CC(=O)Nc1ccccc1-c1ccccc1)c1ccc(C23CC4CC(CC(C4)C2)C3)cc1. The van der Waals surface area contributed by atoms with Gasteiger partial charge in [0.2, 0.25) is 15.9 Å². The van der Waals surface area contributed by atoms with Crippen LogP contribution in [0.5, 0.6) is 0 Å². The third kappa shape index (κ3) is 4.79. The van der Waals surface area contributed by atoms with Crippen LogP contribution in [0.4, 0.5) is 11.4 Å². The third-order valence-corrected chi connectivity index (χ3v) is 9.92. The number of anilines is 2. The second-order valence-corrected chi connectivity index (χ2v) is 13.4. The second kappa shape index (κ2) is 9.32. The Kier molecular flexibility index (Phi) is 6.10. The molecule has 4 bridgehead atoms. The van der Waals surface area contributed by atoms with Crippen molar-refractivity contribution in [2.45, 2.75) is 43.9 Å². The molecular formula is C31H34N2O3S. The Labute approximate surface area is 220 Å². The molecule has 5 nitrogen and oxygen atoms in total. The Hall–Kier alpha value is -3.12. The van der Waals surface area contributed by atoms with Crippen LogP contribution < -0.4 is 9.62 Å². The molecule has 7 rings (SSSR count). The second-order valence-electron chi connectivity index (χ2n) is 11.5. The highest BCUT2D eigenvalue weighted by Crippen LogP contribution is 2.60. The van der Waals surface area contributed by atoms with E-state index < -0.39 is 10.0 Å². The molecule has 4 fully saturated rings. The predicted octanol–water partition coefficient (Wildman–Crippen LogP) is 6.23. The molecule has 0 heterocycles. The molecule has 0 saturated heterocycles. The summed E-state index contributed by atoms with van der Waals surface area (Å²) in [5.74, 6) is 2.17. The number of benzene rings is 3. The van der Waals surface area contributed by atoms with Gasteiger partial charge >= 0.3 is 0 Å². The molecule has 4 aliphatic carbocycles. The highest BCUT2D eigenvalue weighted by Gasteiger charge is 2.51. The van der Waals surface area contributed by atoms with Gasteiger partial charge < -0.3 is 5.32 Å². The van der Waals surface area contributed by atoms with E-state index in [-0.39, 0.29) is 17.9 Å². The molecule has 37 heavy (non-hydrogen) atoms. The van der Waals surface area contributed by atoms with Gasteiger partial charge in [-0.25, -0.2) is 8.42 Å². The number of hydrogen-bond donors (Lipinski definition) is 1. The van der Waals surface area contributed by atoms with Crippen molar-refractivity contribution < 1.29 is 13.2 Å². The summed E-state index contributed by atoms with van der Waals surface area (Å²) in [5, 5.41) is 2.94. The van der Waals surface area contributed by atoms with Gasteiger partial charge in [0, 0.05) is 11.3 Å². The van der Waals surface area contributed by atoms with Crippen molar-refractivity contribution in [3.8, 4) is 11.1 Å². The Morgan fingerprint density at radius 2 is 1.41 bits per heavy atom. The van der Waals surface area contributed by atoms with Crippen molar-refractivity contribution in [1.82, 2.24) is 0 Å². The molecule has 4 saturated carbocycles. The van der Waals surface area contributed by atoms with E-state index in [9.17, 15) is 13.2 Å². The summed E-state index contributed by atoms with van der Waals surface area (Å²) in [6, 6.07) is 25.4. The van der Waals surface area contributed by atoms with Crippen molar-refractivity contribution in [3.63, 3.8) is 0 Å². The van der Waals surface area contributed by atoms with E-state index in [1.165, 1.54) is 48.4 Å². The number of hydrogen-bond acceptors (Lipinski definition) is 3. The first kappa shape index (κ1) is 24.2. The summed E-state index contributed by atoms with van der Waals surface area (Å²) < 4.78 is 26.7. The molecular weight excluding hydrogens is 480 g/mol. The summed E-state index contributed by atoms with van der Waals surface area (Å²) in [6.07, 6.45) is 9.11. The number of nitrogens with zero attached hydrogens (tertiary/aromatic N) is 1. The van der Waals surface area contributed by atoms with E-state index in [0.29, 0.717) is 11.4 Å². The fraction of sp³-hybridized carbons (Fsp3) is 0.387. The first-order valence-electron chi connectivity index (χ1n) is 13.3. The molecule has 4 aliphatic rings. The van der Waals surface area contributed by atoms with Crippen molar-refractivity contribution in [2.75, 3.05) is 22.4 Å². The number of nitrogens with one attached hydrogen (secondary N) is 1. The number of carbonyl (C=O) groups is 1. The standard InChI is InChI=1S/C31H34N2O3S/c1-37(35,36)33(21-30(34)32-29-10-6-5-9-28(29)25-7-3-2-4-8-25)27-13-11-26(12-14-27)31-18-22-15-23(19-31)17-24(16-22)20-31/h2-14,22-24H,15-21H2,1H3,(H,32,34). The summed E-state index contributed by atoms with van der Waals surface area (Å²) in [5.41, 5.74) is 4.65. The van der Waals surface area contributed by atoms with Crippen LogP contribution in [0.15, 0.2) is 78.9 Å². The molecule has 6 heteroatoms. The summed E-state index contributed by atoms with van der Waals surface area (Å²) in [7, 11) is -3.65. The van der Waals surface area contributed by atoms with E-state index in [1.807, 2.05) is 66.7 Å². The Bertz CT molecular complexity index is 1360. The van der Waals surface area contributed by atoms with Crippen molar-refractivity contribution in [2.24, 2.45) is 17.8 Å². The predicted molar refractivity (Wildman–Crippen MR) is 149 cm³/mol. The Morgan fingerprint density at radius 3 is 2.00 bits per heavy atom. The molecule has 0 atom stereocenters. The van der Waals surface area contributed by atoms with E-state index >= 15 is 0 Å². The molecule has 0 aliphatic heterocycles. The van der Waals surface area contributed by atoms with Gasteiger partial charge in [0.15, 0.2) is 0 Å². The lowest BCUT2D eigenvalue weighted by Gasteiger charge is -2.57. The summed E-state index contributed by atoms with van der Waals surface area (Å²) >= 11 is 0. The topological polar surface area (TPSA) is 66.5 Å². The minimum absolute atomic E-state index is 0.252. The zero-order valence-corrected chi connectivity index (χ0v) is 22.1. The lowest BCUT2D eigenvalue weighted by atomic mass is 9.48. The minimum Gasteiger partial charge on any atom is -0.324 e. The van der Waals surface area contributed by atoms with E-state index in [2.05, 4.69) is 17.4 Å². The monoisotopic (exact) mass is 514 g/mol. The average Bonchev–Trinajstić information content (AvgIpc) is 2.87. The zero-order chi connectivity index (χ0) is 25.6. The largest absolute Gasteiger partial charge is 0.324 e. The van der Waals surface area contributed by atoms with Gasteiger partial charge in [-0.15, -0.1) is 0 Å². The molecule has 1 amide bonds. The van der Waals surface area contributed by atoms with Gasteiger partial charge in [0.1, 0.15) is 6.54 Å². The van der Waals surface area contributed by atoms with Crippen LogP contribution in [0, 0.1) is 17.8 Å². The van der Waals surface area contributed by atoms with E-state index in [1.54, 1.807) is 0 Å². The fourth-order valence-corrected chi connectivity index (χ4v) is 8.48. The van der Waals surface area contributed by atoms with Crippen LogP contribution in [0.25, 0.3) is 11.1 Å². The number of sulfonamides is 1. The zero-order valence-electron chi connectivity index (χ0n) is 21.3. The van der Waals surface area contributed by atoms with Crippen LogP contribution in [0.3, 0.4) is 0 Å². The lowest BCUT2D eigenvalue weighted by Crippen LogP contribution is -2.48. The van der Waals surface area contributed by atoms with Crippen molar-refractivity contribution >= 4 is 27.3 Å². The van der Waals surface area contributed by atoms with Crippen molar-refractivity contribution in [1.29, 1.82) is 0 Å². The van der Waals surface area contributed by atoms with Crippen LogP contribution in [0.1, 0.15) is 44.1 Å². The molecule has 0 radical (unpaired) electrons. The van der Waals surface area contributed by atoms with E-state index in [0.717, 1.165) is 35.1 Å². The fourth-order valence-electron chi connectivity index (χ4n) is 7.63. The summed E-state index contributed by atoms with van der Waals surface area (Å²) in [4.78, 5) is 13.1. The van der Waals surface area contributed by atoms with Crippen LogP contribution >= 0.6 is 0 Å². The molecule has 0 spiro atoms. The lowest BCUT2D eigenvalue weighted by molar-refractivity contribution is -0.114. The minimum atomic E-state index is -3.65. The molecule has 0 aromatic heterocycles. The quantitative estimate of drug-likeness (QED) is 0.407. The molecule has 3 aromatic rings. The summed E-state index contributed by atoms with van der Waals surface area (Å²) in [6.45, 7) is -0.279. The average molecular weight is 515 g/mol. The van der Waals surface area contributed by atoms with Gasteiger partial charge in [-0.1, -0.05) is 60.7 Å². The van der Waals surface area contributed by atoms with Gasteiger partial charge in [0.05, 0.1) is 11.9 Å². The smallest absolute Gasteiger partial charge is 0.245 e. The van der Waals surface area contributed by atoms with Crippen molar-refractivity contribution in [3.05, 3.63) is 84.4 Å². The number of para-hydroxylation sites is 1. The maximum atomic E-state index is 13.1. The first-order valence-corrected chi connectivity index (χ1v) is 15.2. The molecule has 0 unspecified atom stereocenters. The van der Waals surface area contributed by atoms with Crippen LogP contribution in [-0.2, 0) is 20.2 Å². The number of rotatable bonds is 7. The van der Waals surface area contributed by atoms with Gasteiger partial charge in [-0.05, 0) is 91.0 Å². The highest BCUT2D eigenvalue weighted by atomic mass is 32.2. The first-order chi connectivity index (χ1) is 17.8. The van der Waals surface area contributed by atoms with Gasteiger partial charge in [-0.2, -0.15) is 0 Å². The molecule has 3 aromatic carbocycles. The molecule has 1 N–H and O–H groups in total. The van der Waals surface area contributed by atoms with Crippen LogP contribution in [0.2, 0.25) is 0 Å². The maximum absolute atomic E-state index is 13.1. The Balaban J connectivity index is 1.22. The Morgan fingerprint density at radius 1 is 0.838 bits per heavy atom.